The monoisotopic (exact) mass is 326 g/mol. The molecule has 1 aromatic rings. The van der Waals surface area contributed by atoms with E-state index in [0.29, 0.717) is 6.07 Å². The first kappa shape index (κ1) is 17.2. The Kier molecular flexibility index (Phi) is 4.84. The molecule has 10 heteroatoms. The van der Waals surface area contributed by atoms with Gasteiger partial charge in [0.2, 0.25) is 10.0 Å². The van der Waals surface area contributed by atoms with Crippen molar-refractivity contribution < 1.29 is 31.5 Å². The second kappa shape index (κ2) is 5.90. The molecular weight excluding hydrogens is 313 g/mol. The van der Waals surface area contributed by atoms with Crippen molar-refractivity contribution in [1.82, 2.24) is 0 Å². The van der Waals surface area contributed by atoms with Crippen LogP contribution in [0.25, 0.3) is 0 Å². The molecule has 0 atom stereocenters. The van der Waals surface area contributed by atoms with E-state index in [2.05, 4.69) is 0 Å². The minimum absolute atomic E-state index is 0.0264. The number of halogens is 3. The lowest BCUT2D eigenvalue weighted by Crippen LogP contribution is -2.23. The highest BCUT2D eigenvalue weighted by Gasteiger charge is 2.36. The molecule has 1 aromatic carbocycles. The first-order valence-electron chi connectivity index (χ1n) is 5.60. The van der Waals surface area contributed by atoms with Gasteiger partial charge >= 0.3 is 12.1 Å². The predicted molar refractivity (Wildman–Crippen MR) is 68.3 cm³/mol. The van der Waals surface area contributed by atoms with Crippen LogP contribution in [-0.4, -0.2) is 33.1 Å². The predicted octanol–water partition coefficient (Wildman–Crippen LogP) is 1.26. The lowest BCUT2D eigenvalue weighted by Gasteiger charge is -2.21. The number of rotatable bonds is 5. The number of carbonyl (C=O) groups is 1. The average molecular weight is 326 g/mol. The molecule has 0 spiro atoms. The number of benzene rings is 1. The van der Waals surface area contributed by atoms with E-state index in [1.807, 2.05) is 0 Å². The lowest BCUT2D eigenvalue weighted by molar-refractivity contribution is -0.140. The molecule has 0 saturated heterocycles. The van der Waals surface area contributed by atoms with E-state index in [-0.39, 0.29) is 18.7 Å². The first-order chi connectivity index (χ1) is 9.43. The molecule has 0 aliphatic carbocycles. The quantitative estimate of drug-likeness (QED) is 0.848. The molecule has 0 amide bonds. The number of sulfonamides is 1. The topological polar surface area (TPSA) is 101 Å². The first-order valence-corrected chi connectivity index (χ1v) is 7.14. The van der Waals surface area contributed by atoms with Crippen molar-refractivity contribution in [2.45, 2.75) is 17.5 Å². The van der Waals surface area contributed by atoms with E-state index in [1.54, 1.807) is 0 Å². The van der Waals surface area contributed by atoms with Crippen LogP contribution in [0.5, 0.6) is 0 Å². The molecule has 0 aromatic heterocycles. The molecule has 3 N–H and O–H groups in total. The summed E-state index contributed by atoms with van der Waals surface area (Å²) in [5.74, 6) is -1.10. The number of anilines is 1. The Morgan fingerprint density at radius 3 is 2.38 bits per heavy atom. The highest BCUT2D eigenvalue weighted by atomic mass is 32.2. The van der Waals surface area contributed by atoms with Gasteiger partial charge in [0.05, 0.1) is 16.9 Å². The Hall–Kier alpha value is -1.81. The van der Waals surface area contributed by atoms with Crippen molar-refractivity contribution in [3.63, 3.8) is 0 Å². The van der Waals surface area contributed by atoms with Gasteiger partial charge in [-0.3, -0.25) is 4.79 Å². The van der Waals surface area contributed by atoms with Gasteiger partial charge in [0, 0.05) is 19.3 Å². The van der Waals surface area contributed by atoms with Crippen molar-refractivity contribution in [3.8, 4) is 0 Å². The highest BCUT2D eigenvalue weighted by Crippen LogP contribution is 2.36. The van der Waals surface area contributed by atoms with Crippen LogP contribution >= 0.6 is 0 Å². The summed E-state index contributed by atoms with van der Waals surface area (Å²) in [7, 11) is -3.12. The Balaban J connectivity index is 3.26. The van der Waals surface area contributed by atoms with Gasteiger partial charge in [-0.05, 0) is 18.2 Å². The maximum Gasteiger partial charge on any atom is 0.417 e. The zero-order valence-electron chi connectivity index (χ0n) is 10.9. The Labute approximate surface area is 119 Å². The second-order valence-electron chi connectivity index (χ2n) is 4.29. The summed E-state index contributed by atoms with van der Waals surface area (Å²) in [6, 6.07) is 2.52. The molecule has 0 fully saturated rings. The van der Waals surface area contributed by atoms with Crippen LogP contribution in [0.4, 0.5) is 18.9 Å². The summed E-state index contributed by atoms with van der Waals surface area (Å²) in [6.07, 6.45) is -5.17. The number of primary sulfonamides is 1. The smallest absolute Gasteiger partial charge is 0.417 e. The van der Waals surface area contributed by atoms with Crippen LogP contribution in [0.2, 0.25) is 0 Å². The Morgan fingerprint density at radius 2 is 1.95 bits per heavy atom. The number of hydrogen-bond donors (Lipinski definition) is 2. The summed E-state index contributed by atoms with van der Waals surface area (Å²) in [5, 5.41) is 13.3. The average Bonchev–Trinajstić information content (AvgIpc) is 2.33. The molecule has 6 nitrogen and oxygen atoms in total. The third-order valence-corrected chi connectivity index (χ3v) is 3.65. The summed E-state index contributed by atoms with van der Waals surface area (Å²) < 4.78 is 61.1. The standard InChI is InChI=1S/C11H13F3N2O4S/c1-16(5-4-10(17)18)7-2-3-9(21(15,19)20)8(6-7)11(12,13)14/h2-3,6H,4-5H2,1H3,(H,17,18)(H2,15,19,20). The summed E-state index contributed by atoms with van der Waals surface area (Å²) in [5.41, 5.74) is -1.35. The minimum Gasteiger partial charge on any atom is -0.481 e. The fourth-order valence-corrected chi connectivity index (χ4v) is 2.36. The molecule has 0 radical (unpaired) electrons. The van der Waals surface area contributed by atoms with Crippen LogP contribution in [0, 0.1) is 0 Å². The molecular formula is C11H13F3N2O4S. The molecule has 0 saturated carbocycles. The highest BCUT2D eigenvalue weighted by molar-refractivity contribution is 7.89. The normalized spacial score (nSPS) is 12.2. The summed E-state index contributed by atoms with van der Waals surface area (Å²) >= 11 is 0. The van der Waals surface area contributed by atoms with Gasteiger partial charge < -0.3 is 10.0 Å². The van der Waals surface area contributed by atoms with Gasteiger partial charge in [-0.2, -0.15) is 13.2 Å². The summed E-state index contributed by atoms with van der Waals surface area (Å²) in [4.78, 5) is 10.7. The van der Waals surface area contributed by atoms with Crippen LogP contribution in [0.15, 0.2) is 23.1 Å². The third kappa shape index (κ3) is 4.60. The molecule has 0 aliphatic heterocycles. The SMILES string of the molecule is CN(CCC(=O)O)c1ccc(S(N)(=O)=O)c(C(F)(F)F)c1. The van der Waals surface area contributed by atoms with Crippen molar-refractivity contribution in [3.05, 3.63) is 23.8 Å². The number of carboxylic acids is 1. The van der Waals surface area contributed by atoms with Gasteiger partial charge in [0.1, 0.15) is 0 Å². The number of hydrogen-bond acceptors (Lipinski definition) is 4. The van der Waals surface area contributed by atoms with Gasteiger partial charge in [0.15, 0.2) is 0 Å². The zero-order valence-corrected chi connectivity index (χ0v) is 11.7. The van der Waals surface area contributed by atoms with Gasteiger partial charge in [-0.25, -0.2) is 13.6 Å². The van der Waals surface area contributed by atoms with Crippen molar-refractivity contribution in [1.29, 1.82) is 0 Å². The van der Waals surface area contributed by atoms with Crippen LogP contribution in [-0.2, 0) is 21.0 Å². The molecule has 21 heavy (non-hydrogen) atoms. The van der Waals surface area contributed by atoms with E-state index < -0.39 is 32.6 Å². The van der Waals surface area contributed by atoms with Crippen LogP contribution < -0.4 is 10.0 Å². The number of alkyl halides is 3. The van der Waals surface area contributed by atoms with Crippen molar-refractivity contribution in [2.75, 3.05) is 18.5 Å². The van der Waals surface area contributed by atoms with E-state index >= 15 is 0 Å². The zero-order chi connectivity index (χ0) is 16.4. The molecule has 0 bridgehead atoms. The third-order valence-electron chi connectivity index (χ3n) is 2.68. The lowest BCUT2D eigenvalue weighted by atomic mass is 10.1. The van der Waals surface area contributed by atoms with Crippen molar-refractivity contribution in [2.24, 2.45) is 5.14 Å². The summed E-state index contributed by atoms with van der Waals surface area (Å²) in [6.45, 7) is -0.0264. The number of aliphatic carboxylic acids is 1. The fraction of sp³-hybridized carbons (Fsp3) is 0.364. The van der Waals surface area contributed by atoms with E-state index in [9.17, 15) is 26.4 Å². The Bertz CT molecular complexity index is 643. The number of carboxylic acid groups (broad SMARTS) is 1. The molecule has 0 aliphatic rings. The van der Waals surface area contributed by atoms with Crippen LogP contribution in [0.3, 0.4) is 0 Å². The number of nitrogens with two attached hydrogens (primary N) is 1. The Morgan fingerprint density at radius 1 is 1.38 bits per heavy atom. The van der Waals surface area contributed by atoms with Gasteiger partial charge in [0.25, 0.3) is 0 Å². The van der Waals surface area contributed by atoms with Crippen molar-refractivity contribution >= 4 is 21.7 Å². The number of nitrogens with zero attached hydrogens (tertiary/aromatic N) is 1. The maximum atomic E-state index is 12.9. The van der Waals surface area contributed by atoms with Crippen LogP contribution in [0.1, 0.15) is 12.0 Å². The fourth-order valence-electron chi connectivity index (χ4n) is 1.62. The minimum atomic E-state index is -4.90. The van der Waals surface area contributed by atoms with Gasteiger partial charge in [-0.15, -0.1) is 0 Å². The molecule has 0 unspecified atom stereocenters. The largest absolute Gasteiger partial charge is 0.481 e. The van der Waals surface area contributed by atoms with E-state index in [1.165, 1.54) is 11.9 Å². The molecule has 0 heterocycles. The van der Waals surface area contributed by atoms with E-state index in [4.69, 9.17) is 10.2 Å². The van der Waals surface area contributed by atoms with E-state index in [0.717, 1.165) is 12.1 Å². The molecule has 118 valence electrons. The second-order valence-corrected chi connectivity index (χ2v) is 5.82. The van der Waals surface area contributed by atoms with Gasteiger partial charge in [-0.1, -0.05) is 0 Å². The molecule has 1 rings (SSSR count). The maximum absolute atomic E-state index is 12.9.